The van der Waals surface area contributed by atoms with Crippen LogP contribution in [0.15, 0.2) is 0 Å². The molecule has 0 aromatic heterocycles. The lowest BCUT2D eigenvalue weighted by Crippen LogP contribution is -2.29. The molecule has 0 aliphatic heterocycles. The van der Waals surface area contributed by atoms with Crippen LogP contribution in [0.1, 0.15) is 60.8 Å². The largest absolute Gasteiger partial charge is 0.375 e. The molecule has 16 heavy (non-hydrogen) atoms. The molecule has 0 aromatic carbocycles. The van der Waals surface area contributed by atoms with Gasteiger partial charge in [0.1, 0.15) is 5.78 Å². The molecule has 0 aliphatic rings. The molecular weight excluding hydrogens is 200 g/mol. The van der Waals surface area contributed by atoms with E-state index in [1.807, 2.05) is 6.92 Å². The summed E-state index contributed by atoms with van der Waals surface area (Å²) in [6, 6.07) is 0. The molecule has 0 saturated heterocycles. The minimum atomic E-state index is 0.0800. The molecule has 96 valence electrons. The Kier molecular flexibility index (Phi) is 7.65. The molecule has 0 amide bonds. The van der Waals surface area contributed by atoms with E-state index in [0.29, 0.717) is 18.1 Å². The van der Waals surface area contributed by atoms with E-state index in [1.165, 1.54) is 0 Å². The summed E-state index contributed by atoms with van der Waals surface area (Å²) in [4.78, 5) is 11.9. The van der Waals surface area contributed by atoms with E-state index in [9.17, 15) is 4.79 Å². The number of hydrogen-bond acceptors (Lipinski definition) is 2. The van der Waals surface area contributed by atoms with Crippen LogP contribution in [0, 0.1) is 11.8 Å². The van der Waals surface area contributed by atoms with Crippen LogP contribution in [0.2, 0.25) is 0 Å². The van der Waals surface area contributed by atoms with Gasteiger partial charge in [-0.2, -0.15) is 0 Å². The SMILES string of the molecule is CCC(C)OC(CC(=O)C(C)CC)C(C)C. The molecule has 3 unspecified atom stereocenters. The van der Waals surface area contributed by atoms with E-state index in [4.69, 9.17) is 4.74 Å². The minimum Gasteiger partial charge on any atom is -0.375 e. The van der Waals surface area contributed by atoms with Gasteiger partial charge in [-0.25, -0.2) is 0 Å². The average molecular weight is 228 g/mol. The molecule has 0 aliphatic carbocycles. The van der Waals surface area contributed by atoms with E-state index >= 15 is 0 Å². The van der Waals surface area contributed by atoms with Gasteiger partial charge in [0.05, 0.1) is 12.2 Å². The Labute approximate surface area is 101 Å². The maximum Gasteiger partial charge on any atom is 0.138 e. The molecule has 0 heterocycles. The van der Waals surface area contributed by atoms with Gasteiger partial charge in [0, 0.05) is 12.3 Å². The van der Waals surface area contributed by atoms with E-state index < -0.39 is 0 Å². The summed E-state index contributed by atoms with van der Waals surface area (Å²) < 4.78 is 5.91. The topological polar surface area (TPSA) is 26.3 Å². The van der Waals surface area contributed by atoms with Gasteiger partial charge in [-0.15, -0.1) is 0 Å². The van der Waals surface area contributed by atoms with E-state index in [0.717, 1.165) is 12.8 Å². The Morgan fingerprint density at radius 3 is 2.00 bits per heavy atom. The van der Waals surface area contributed by atoms with Crippen LogP contribution >= 0.6 is 0 Å². The standard InChI is InChI=1S/C14H28O2/c1-7-11(5)13(15)9-14(10(3)4)16-12(6)8-2/h10-12,14H,7-9H2,1-6H3. The molecular formula is C14H28O2. The van der Waals surface area contributed by atoms with Crippen LogP contribution in [0.4, 0.5) is 0 Å². The van der Waals surface area contributed by atoms with Crippen molar-refractivity contribution in [2.45, 2.75) is 73.0 Å². The predicted octanol–water partition coefficient (Wildman–Crippen LogP) is 3.83. The zero-order valence-corrected chi connectivity index (χ0v) is 11.7. The molecule has 3 atom stereocenters. The number of ether oxygens (including phenoxy) is 1. The number of Topliss-reactive ketones (excluding diaryl/α,β-unsaturated/α-hetero) is 1. The first kappa shape index (κ1) is 15.6. The molecule has 2 nitrogen and oxygen atoms in total. The predicted molar refractivity (Wildman–Crippen MR) is 68.5 cm³/mol. The van der Waals surface area contributed by atoms with Crippen molar-refractivity contribution < 1.29 is 9.53 Å². The Morgan fingerprint density at radius 1 is 1.06 bits per heavy atom. The first-order chi connectivity index (χ1) is 7.42. The number of ketones is 1. The van der Waals surface area contributed by atoms with Crippen LogP contribution in [-0.4, -0.2) is 18.0 Å². The maximum absolute atomic E-state index is 11.9. The van der Waals surface area contributed by atoms with Crippen molar-refractivity contribution in [1.82, 2.24) is 0 Å². The maximum atomic E-state index is 11.9. The molecule has 0 radical (unpaired) electrons. The lowest BCUT2D eigenvalue weighted by molar-refractivity contribution is -0.127. The third-order valence-electron chi connectivity index (χ3n) is 3.29. The van der Waals surface area contributed by atoms with Crippen molar-refractivity contribution in [3.8, 4) is 0 Å². The third kappa shape index (κ3) is 5.64. The second kappa shape index (κ2) is 7.83. The first-order valence-electron chi connectivity index (χ1n) is 6.60. The summed E-state index contributed by atoms with van der Waals surface area (Å²) in [5.41, 5.74) is 0. The highest BCUT2D eigenvalue weighted by Gasteiger charge is 2.22. The lowest BCUT2D eigenvalue weighted by Gasteiger charge is -2.25. The number of hydrogen-bond donors (Lipinski definition) is 0. The van der Waals surface area contributed by atoms with E-state index in [2.05, 4.69) is 34.6 Å². The van der Waals surface area contributed by atoms with Crippen LogP contribution < -0.4 is 0 Å². The van der Waals surface area contributed by atoms with Gasteiger partial charge in [0.2, 0.25) is 0 Å². The normalized spacial score (nSPS) is 17.2. The number of carbonyl (C=O) groups is 1. The van der Waals surface area contributed by atoms with Gasteiger partial charge in [0.15, 0.2) is 0 Å². The number of carbonyl (C=O) groups excluding carboxylic acids is 1. The Morgan fingerprint density at radius 2 is 1.62 bits per heavy atom. The molecule has 0 bridgehead atoms. The van der Waals surface area contributed by atoms with Crippen LogP contribution in [0.5, 0.6) is 0 Å². The molecule has 2 heteroatoms. The highest BCUT2D eigenvalue weighted by molar-refractivity contribution is 5.81. The highest BCUT2D eigenvalue weighted by Crippen LogP contribution is 2.18. The Hall–Kier alpha value is -0.370. The highest BCUT2D eigenvalue weighted by atomic mass is 16.5. The van der Waals surface area contributed by atoms with Gasteiger partial charge in [0.25, 0.3) is 0 Å². The quantitative estimate of drug-likeness (QED) is 0.631. The van der Waals surface area contributed by atoms with Crippen molar-refractivity contribution in [3.63, 3.8) is 0 Å². The third-order valence-corrected chi connectivity index (χ3v) is 3.29. The first-order valence-corrected chi connectivity index (χ1v) is 6.60. The monoisotopic (exact) mass is 228 g/mol. The molecule has 0 spiro atoms. The van der Waals surface area contributed by atoms with Gasteiger partial charge in [-0.1, -0.05) is 34.6 Å². The smallest absolute Gasteiger partial charge is 0.138 e. The average Bonchev–Trinajstić information content (AvgIpc) is 2.26. The minimum absolute atomic E-state index is 0.0800. The van der Waals surface area contributed by atoms with Crippen LogP contribution in [-0.2, 0) is 9.53 Å². The lowest BCUT2D eigenvalue weighted by atomic mass is 9.94. The second-order valence-corrected chi connectivity index (χ2v) is 5.12. The summed E-state index contributed by atoms with van der Waals surface area (Å²) in [6.07, 6.45) is 2.82. The van der Waals surface area contributed by atoms with E-state index in [1.54, 1.807) is 0 Å². The van der Waals surface area contributed by atoms with Crippen LogP contribution in [0.3, 0.4) is 0 Å². The molecule has 0 rings (SSSR count). The fourth-order valence-electron chi connectivity index (χ4n) is 1.46. The fraction of sp³-hybridized carbons (Fsp3) is 0.929. The zero-order chi connectivity index (χ0) is 12.7. The summed E-state index contributed by atoms with van der Waals surface area (Å²) in [5, 5.41) is 0. The number of rotatable bonds is 8. The molecule has 0 aromatic rings. The Bertz CT molecular complexity index is 199. The fourth-order valence-corrected chi connectivity index (χ4v) is 1.46. The summed E-state index contributed by atoms with van der Waals surface area (Å²) in [5.74, 6) is 0.910. The molecule has 0 fully saturated rings. The van der Waals surface area contributed by atoms with Gasteiger partial charge in [-0.05, 0) is 25.7 Å². The van der Waals surface area contributed by atoms with Gasteiger partial charge >= 0.3 is 0 Å². The van der Waals surface area contributed by atoms with Crippen molar-refractivity contribution in [1.29, 1.82) is 0 Å². The van der Waals surface area contributed by atoms with Crippen molar-refractivity contribution in [2.75, 3.05) is 0 Å². The summed E-state index contributed by atoms with van der Waals surface area (Å²) >= 11 is 0. The van der Waals surface area contributed by atoms with Gasteiger partial charge < -0.3 is 4.74 Å². The molecule has 0 N–H and O–H groups in total. The Balaban J connectivity index is 4.28. The van der Waals surface area contributed by atoms with E-state index in [-0.39, 0.29) is 18.1 Å². The zero-order valence-electron chi connectivity index (χ0n) is 11.7. The second-order valence-electron chi connectivity index (χ2n) is 5.12. The van der Waals surface area contributed by atoms with Crippen molar-refractivity contribution in [3.05, 3.63) is 0 Å². The van der Waals surface area contributed by atoms with Crippen molar-refractivity contribution >= 4 is 5.78 Å². The summed E-state index contributed by atoms with van der Waals surface area (Å²) in [6.45, 7) is 12.5. The van der Waals surface area contributed by atoms with Gasteiger partial charge in [-0.3, -0.25) is 4.79 Å². The van der Waals surface area contributed by atoms with Crippen molar-refractivity contribution in [2.24, 2.45) is 11.8 Å². The molecule has 0 saturated carbocycles. The van der Waals surface area contributed by atoms with Crippen LogP contribution in [0.25, 0.3) is 0 Å². The summed E-state index contributed by atoms with van der Waals surface area (Å²) in [7, 11) is 0.